The first-order valence-electron chi connectivity index (χ1n) is 6.27. The molecule has 1 unspecified atom stereocenters. The Balaban J connectivity index is 2.01. The third kappa shape index (κ3) is 4.09. The SMILES string of the molecule is CC(NC(=O)c1cc(Br)c[nH]1)c1ccc(NC(N)=O)cc1. The molecule has 21 heavy (non-hydrogen) atoms. The highest BCUT2D eigenvalue weighted by molar-refractivity contribution is 9.10. The zero-order chi connectivity index (χ0) is 15.4. The summed E-state index contributed by atoms with van der Waals surface area (Å²) in [6.07, 6.45) is 1.70. The molecule has 0 radical (unpaired) electrons. The number of nitrogens with two attached hydrogens (primary N) is 1. The van der Waals surface area contributed by atoms with E-state index in [1.54, 1.807) is 24.4 Å². The second-order valence-corrected chi connectivity index (χ2v) is 5.45. The normalized spacial score (nSPS) is 11.7. The van der Waals surface area contributed by atoms with E-state index >= 15 is 0 Å². The molecular weight excluding hydrogens is 336 g/mol. The van der Waals surface area contributed by atoms with Gasteiger partial charge in [-0.3, -0.25) is 4.79 Å². The van der Waals surface area contributed by atoms with E-state index in [-0.39, 0.29) is 11.9 Å². The van der Waals surface area contributed by atoms with E-state index in [1.165, 1.54) is 0 Å². The minimum atomic E-state index is -0.610. The van der Waals surface area contributed by atoms with Crippen LogP contribution >= 0.6 is 15.9 Å². The quantitative estimate of drug-likeness (QED) is 0.681. The van der Waals surface area contributed by atoms with Crippen molar-refractivity contribution in [3.8, 4) is 0 Å². The van der Waals surface area contributed by atoms with Crippen LogP contribution in [0, 0.1) is 0 Å². The zero-order valence-electron chi connectivity index (χ0n) is 11.3. The summed E-state index contributed by atoms with van der Waals surface area (Å²) in [5.41, 5.74) is 7.06. The number of hydrogen-bond acceptors (Lipinski definition) is 2. The molecule has 3 amide bonds. The Labute approximate surface area is 130 Å². The third-order valence-corrected chi connectivity index (χ3v) is 3.38. The van der Waals surface area contributed by atoms with Gasteiger partial charge in [-0.25, -0.2) is 4.79 Å². The molecule has 0 aliphatic rings. The van der Waals surface area contributed by atoms with Crippen molar-refractivity contribution in [3.63, 3.8) is 0 Å². The van der Waals surface area contributed by atoms with E-state index in [0.717, 1.165) is 10.0 Å². The standard InChI is InChI=1S/C14H15BrN4O2/c1-8(18-13(20)12-6-10(15)7-17-12)9-2-4-11(5-3-9)19-14(16)21/h2-8,17H,1H3,(H,18,20)(H3,16,19,21). The van der Waals surface area contributed by atoms with Crippen LogP contribution in [0.5, 0.6) is 0 Å². The van der Waals surface area contributed by atoms with Crippen molar-refractivity contribution in [2.24, 2.45) is 5.73 Å². The molecule has 0 aliphatic heterocycles. The first-order chi connectivity index (χ1) is 9.95. The Morgan fingerprint density at radius 3 is 2.48 bits per heavy atom. The molecule has 2 aromatic rings. The fraction of sp³-hybridized carbons (Fsp3) is 0.143. The first-order valence-corrected chi connectivity index (χ1v) is 7.06. The molecule has 1 heterocycles. The minimum absolute atomic E-state index is 0.165. The Bertz CT molecular complexity index is 651. The van der Waals surface area contributed by atoms with Gasteiger partial charge in [-0.15, -0.1) is 0 Å². The summed E-state index contributed by atoms with van der Waals surface area (Å²) in [4.78, 5) is 25.6. The molecule has 0 bridgehead atoms. The summed E-state index contributed by atoms with van der Waals surface area (Å²) in [6.45, 7) is 1.88. The molecule has 0 saturated heterocycles. The Kier molecular flexibility index (Phi) is 4.64. The fourth-order valence-corrected chi connectivity index (χ4v) is 2.20. The van der Waals surface area contributed by atoms with Crippen LogP contribution < -0.4 is 16.4 Å². The number of rotatable bonds is 4. The molecule has 7 heteroatoms. The average molecular weight is 351 g/mol. The first kappa shape index (κ1) is 15.1. The summed E-state index contributed by atoms with van der Waals surface area (Å²) >= 11 is 3.28. The maximum absolute atomic E-state index is 12.0. The maximum Gasteiger partial charge on any atom is 0.316 e. The van der Waals surface area contributed by atoms with Crippen LogP contribution in [-0.2, 0) is 0 Å². The molecule has 6 nitrogen and oxygen atoms in total. The van der Waals surface area contributed by atoms with Crippen molar-refractivity contribution in [3.05, 3.63) is 52.3 Å². The van der Waals surface area contributed by atoms with Crippen LogP contribution in [0.15, 0.2) is 41.0 Å². The maximum atomic E-state index is 12.0. The minimum Gasteiger partial charge on any atom is -0.356 e. The number of urea groups is 1. The van der Waals surface area contributed by atoms with Crippen LogP contribution in [0.2, 0.25) is 0 Å². The number of amides is 3. The number of aromatic nitrogens is 1. The van der Waals surface area contributed by atoms with Gasteiger partial charge in [0, 0.05) is 16.4 Å². The topological polar surface area (TPSA) is 100 Å². The number of anilines is 1. The van der Waals surface area contributed by atoms with Crippen molar-refractivity contribution < 1.29 is 9.59 Å². The number of halogens is 1. The third-order valence-electron chi connectivity index (χ3n) is 2.92. The van der Waals surface area contributed by atoms with E-state index < -0.39 is 6.03 Å². The van der Waals surface area contributed by atoms with Gasteiger partial charge in [0.15, 0.2) is 0 Å². The average Bonchev–Trinajstić information content (AvgIpc) is 2.85. The number of carbonyl (C=O) groups excluding carboxylic acids is 2. The monoisotopic (exact) mass is 350 g/mol. The summed E-state index contributed by atoms with van der Waals surface area (Å²) in [7, 11) is 0. The lowest BCUT2D eigenvalue weighted by Crippen LogP contribution is -2.26. The molecule has 0 aliphatic carbocycles. The van der Waals surface area contributed by atoms with Crippen LogP contribution in [-0.4, -0.2) is 16.9 Å². The van der Waals surface area contributed by atoms with Crippen LogP contribution in [0.3, 0.4) is 0 Å². The molecule has 0 fully saturated rings. The highest BCUT2D eigenvalue weighted by Crippen LogP contribution is 2.17. The van der Waals surface area contributed by atoms with Gasteiger partial charge in [-0.05, 0) is 46.6 Å². The largest absolute Gasteiger partial charge is 0.356 e. The Hall–Kier alpha value is -2.28. The molecule has 5 N–H and O–H groups in total. The van der Waals surface area contributed by atoms with Crippen molar-refractivity contribution >= 4 is 33.6 Å². The molecular formula is C14H15BrN4O2. The van der Waals surface area contributed by atoms with Gasteiger partial charge in [0.1, 0.15) is 5.69 Å². The lowest BCUT2D eigenvalue weighted by atomic mass is 10.1. The van der Waals surface area contributed by atoms with Crippen LogP contribution in [0.4, 0.5) is 10.5 Å². The number of carbonyl (C=O) groups is 2. The highest BCUT2D eigenvalue weighted by atomic mass is 79.9. The lowest BCUT2D eigenvalue weighted by molar-refractivity contribution is 0.0935. The Morgan fingerprint density at radius 1 is 1.29 bits per heavy atom. The van der Waals surface area contributed by atoms with Crippen molar-refractivity contribution in [2.75, 3.05) is 5.32 Å². The molecule has 0 spiro atoms. The van der Waals surface area contributed by atoms with E-state index in [1.807, 2.05) is 19.1 Å². The number of hydrogen-bond donors (Lipinski definition) is 4. The number of primary amides is 1. The molecule has 0 saturated carbocycles. The van der Waals surface area contributed by atoms with Gasteiger partial charge >= 0.3 is 6.03 Å². The molecule has 2 rings (SSSR count). The Morgan fingerprint density at radius 2 is 1.95 bits per heavy atom. The van der Waals surface area contributed by atoms with Gasteiger partial charge in [0.25, 0.3) is 5.91 Å². The number of H-pyrrole nitrogens is 1. The number of benzene rings is 1. The summed E-state index contributed by atoms with van der Waals surface area (Å²) in [6, 6.07) is 8.04. The van der Waals surface area contributed by atoms with Crippen molar-refractivity contribution in [2.45, 2.75) is 13.0 Å². The summed E-state index contributed by atoms with van der Waals surface area (Å²) in [5.74, 6) is -0.187. The summed E-state index contributed by atoms with van der Waals surface area (Å²) in [5, 5.41) is 5.36. The van der Waals surface area contributed by atoms with E-state index in [0.29, 0.717) is 11.4 Å². The van der Waals surface area contributed by atoms with Gasteiger partial charge in [0.05, 0.1) is 6.04 Å². The number of aromatic amines is 1. The van der Waals surface area contributed by atoms with E-state index in [2.05, 4.69) is 31.5 Å². The van der Waals surface area contributed by atoms with Crippen molar-refractivity contribution in [1.82, 2.24) is 10.3 Å². The molecule has 1 aromatic carbocycles. The highest BCUT2D eigenvalue weighted by Gasteiger charge is 2.12. The van der Waals surface area contributed by atoms with E-state index in [4.69, 9.17) is 5.73 Å². The van der Waals surface area contributed by atoms with Crippen LogP contribution in [0.25, 0.3) is 0 Å². The smallest absolute Gasteiger partial charge is 0.316 e. The van der Waals surface area contributed by atoms with Gasteiger partial charge in [0.2, 0.25) is 0 Å². The van der Waals surface area contributed by atoms with Crippen LogP contribution in [0.1, 0.15) is 29.0 Å². The van der Waals surface area contributed by atoms with Gasteiger partial charge in [-0.1, -0.05) is 12.1 Å². The summed E-state index contributed by atoms with van der Waals surface area (Å²) < 4.78 is 0.821. The molecule has 1 aromatic heterocycles. The molecule has 1 atom stereocenters. The second kappa shape index (κ2) is 6.45. The van der Waals surface area contributed by atoms with Crippen molar-refractivity contribution in [1.29, 1.82) is 0 Å². The zero-order valence-corrected chi connectivity index (χ0v) is 12.9. The lowest BCUT2D eigenvalue weighted by Gasteiger charge is -2.14. The molecule has 110 valence electrons. The fourth-order valence-electron chi connectivity index (χ4n) is 1.85. The van der Waals surface area contributed by atoms with Gasteiger partial charge in [-0.2, -0.15) is 0 Å². The number of nitrogens with one attached hydrogen (secondary N) is 3. The second-order valence-electron chi connectivity index (χ2n) is 4.54. The van der Waals surface area contributed by atoms with E-state index in [9.17, 15) is 9.59 Å². The predicted molar refractivity (Wildman–Crippen MR) is 84.0 cm³/mol. The predicted octanol–water partition coefficient (Wildman–Crippen LogP) is 2.76. The van der Waals surface area contributed by atoms with Gasteiger partial charge < -0.3 is 21.4 Å².